The van der Waals surface area contributed by atoms with Gasteiger partial charge in [-0.25, -0.2) is 4.98 Å². The van der Waals surface area contributed by atoms with Crippen molar-refractivity contribution in [3.63, 3.8) is 0 Å². The lowest BCUT2D eigenvalue weighted by molar-refractivity contribution is -0.120. The Hall–Kier alpha value is -4.09. The molecule has 4 aromatic carbocycles. The van der Waals surface area contributed by atoms with E-state index in [1.807, 2.05) is 73.7 Å². The van der Waals surface area contributed by atoms with Crippen LogP contribution in [0, 0.1) is 6.92 Å². The lowest BCUT2D eigenvalue weighted by atomic mass is 10.0. The number of aromatic nitrogens is 2. The molecule has 5 nitrogen and oxygen atoms in total. The van der Waals surface area contributed by atoms with Crippen LogP contribution in [-0.4, -0.2) is 28.6 Å². The summed E-state index contributed by atoms with van der Waals surface area (Å²) in [7, 11) is 0. The average Bonchev–Trinajstić information content (AvgIpc) is 3.33. The van der Waals surface area contributed by atoms with Crippen LogP contribution in [0.1, 0.15) is 29.8 Å². The third-order valence-corrected chi connectivity index (χ3v) is 7.41. The fourth-order valence-electron chi connectivity index (χ4n) is 4.85. The summed E-state index contributed by atoms with van der Waals surface area (Å²) in [5.41, 5.74) is 6.47. The number of fused-ring (bicyclic) bond motifs is 1. The van der Waals surface area contributed by atoms with Gasteiger partial charge in [0.1, 0.15) is 11.6 Å². The van der Waals surface area contributed by atoms with Crippen molar-refractivity contribution in [3.05, 3.63) is 119 Å². The monoisotopic (exact) mass is 551 g/mol. The summed E-state index contributed by atoms with van der Waals surface area (Å²) in [6.45, 7) is 4.01. The molecule has 0 bridgehead atoms. The summed E-state index contributed by atoms with van der Waals surface area (Å²) < 4.78 is 8.23. The first kappa shape index (κ1) is 27.5. The topological polar surface area (TPSA) is 56.1 Å². The second-order valence-corrected chi connectivity index (χ2v) is 10.4. The highest BCUT2D eigenvalue weighted by Crippen LogP contribution is 2.22. The molecule has 40 heavy (non-hydrogen) atoms. The number of hydrogen-bond donors (Lipinski definition) is 1. The van der Waals surface area contributed by atoms with Gasteiger partial charge in [0.25, 0.3) is 0 Å². The van der Waals surface area contributed by atoms with Crippen molar-refractivity contribution in [2.24, 2.45) is 0 Å². The molecule has 0 unspecified atom stereocenters. The molecular weight excluding hydrogens is 518 g/mol. The van der Waals surface area contributed by atoms with Gasteiger partial charge in [0.2, 0.25) is 5.91 Å². The van der Waals surface area contributed by atoms with Gasteiger partial charge in [-0.2, -0.15) is 0 Å². The molecule has 1 aromatic heterocycles. The molecule has 204 valence electrons. The second kappa shape index (κ2) is 13.3. The summed E-state index contributed by atoms with van der Waals surface area (Å²) in [6.07, 6.45) is 2.84. The van der Waals surface area contributed by atoms with Crippen LogP contribution in [0.5, 0.6) is 5.75 Å². The van der Waals surface area contributed by atoms with Gasteiger partial charge in [0.15, 0.2) is 0 Å². The van der Waals surface area contributed by atoms with E-state index in [4.69, 9.17) is 21.3 Å². The maximum atomic E-state index is 12.6. The van der Waals surface area contributed by atoms with Gasteiger partial charge >= 0.3 is 0 Å². The zero-order valence-electron chi connectivity index (χ0n) is 22.8. The SMILES string of the molecule is Cc1cc(OCCCn2c(CCCNC(=O)Cc3ccc(-c4ccccc4)cc3)nc3ccccc32)ccc1Cl. The summed E-state index contributed by atoms with van der Waals surface area (Å²) in [5, 5.41) is 3.82. The molecule has 1 heterocycles. The second-order valence-electron chi connectivity index (χ2n) is 9.97. The number of benzene rings is 4. The number of carbonyl (C=O) groups is 1. The van der Waals surface area contributed by atoms with Crippen LogP contribution in [-0.2, 0) is 24.2 Å². The van der Waals surface area contributed by atoms with Crippen molar-refractivity contribution in [3.8, 4) is 16.9 Å². The van der Waals surface area contributed by atoms with Crippen molar-refractivity contribution in [1.82, 2.24) is 14.9 Å². The lowest BCUT2D eigenvalue weighted by Crippen LogP contribution is -2.26. The first-order valence-electron chi connectivity index (χ1n) is 13.8. The molecule has 0 fully saturated rings. The number of nitrogens with zero attached hydrogens (tertiary/aromatic N) is 2. The minimum Gasteiger partial charge on any atom is -0.494 e. The number of nitrogens with one attached hydrogen (secondary N) is 1. The lowest BCUT2D eigenvalue weighted by Gasteiger charge is -2.11. The van der Waals surface area contributed by atoms with Gasteiger partial charge in [-0.05, 0) is 72.4 Å². The van der Waals surface area contributed by atoms with Crippen LogP contribution in [0.15, 0.2) is 97.1 Å². The van der Waals surface area contributed by atoms with E-state index in [2.05, 4.69) is 40.2 Å². The highest BCUT2D eigenvalue weighted by atomic mass is 35.5. The van der Waals surface area contributed by atoms with E-state index in [0.29, 0.717) is 19.6 Å². The molecule has 0 atom stereocenters. The highest BCUT2D eigenvalue weighted by molar-refractivity contribution is 6.31. The van der Waals surface area contributed by atoms with E-state index in [9.17, 15) is 4.79 Å². The Labute approximate surface area is 240 Å². The molecule has 0 aliphatic heterocycles. The zero-order valence-corrected chi connectivity index (χ0v) is 23.5. The average molecular weight is 552 g/mol. The fourth-order valence-corrected chi connectivity index (χ4v) is 4.97. The van der Waals surface area contributed by atoms with Crippen molar-refractivity contribution >= 4 is 28.5 Å². The van der Waals surface area contributed by atoms with Gasteiger partial charge in [-0.3, -0.25) is 4.79 Å². The standard InChI is InChI=1S/C34H34ClN3O2/c1-25-23-29(18-19-30(25)35)40-22-8-21-38-32-12-6-5-11-31(32)37-33(38)13-7-20-36-34(39)24-26-14-16-28(17-15-26)27-9-3-2-4-10-27/h2-6,9-12,14-19,23H,7-8,13,20-22,24H2,1H3,(H,36,39). The molecule has 1 amide bonds. The van der Waals surface area contributed by atoms with Crippen molar-refractivity contribution < 1.29 is 9.53 Å². The van der Waals surface area contributed by atoms with Crippen molar-refractivity contribution in [2.45, 2.75) is 39.2 Å². The Morgan fingerprint density at radius 2 is 1.65 bits per heavy atom. The smallest absolute Gasteiger partial charge is 0.224 e. The predicted octanol–water partition coefficient (Wildman–Crippen LogP) is 7.43. The van der Waals surface area contributed by atoms with Gasteiger partial charge in [-0.15, -0.1) is 0 Å². The Morgan fingerprint density at radius 1 is 0.900 bits per heavy atom. The van der Waals surface area contributed by atoms with E-state index < -0.39 is 0 Å². The largest absolute Gasteiger partial charge is 0.494 e. The number of para-hydroxylation sites is 2. The van der Waals surface area contributed by atoms with E-state index in [0.717, 1.165) is 70.1 Å². The van der Waals surface area contributed by atoms with Crippen LogP contribution >= 0.6 is 11.6 Å². The zero-order chi connectivity index (χ0) is 27.7. The Morgan fingerprint density at radius 3 is 2.45 bits per heavy atom. The van der Waals surface area contributed by atoms with Gasteiger partial charge in [-0.1, -0.05) is 78.3 Å². The molecule has 5 rings (SSSR count). The van der Waals surface area contributed by atoms with Gasteiger partial charge < -0.3 is 14.6 Å². The molecule has 1 N–H and O–H groups in total. The highest BCUT2D eigenvalue weighted by Gasteiger charge is 2.11. The first-order chi connectivity index (χ1) is 19.6. The first-order valence-corrected chi connectivity index (χ1v) is 14.2. The number of rotatable bonds is 12. The number of carbonyl (C=O) groups excluding carboxylic acids is 1. The normalized spacial score (nSPS) is 11.1. The van der Waals surface area contributed by atoms with Crippen LogP contribution in [0.25, 0.3) is 22.2 Å². The van der Waals surface area contributed by atoms with E-state index in [1.165, 1.54) is 5.56 Å². The fraction of sp³-hybridized carbons (Fsp3) is 0.235. The minimum absolute atomic E-state index is 0.0375. The molecule has 0 aliphatic rings. The van der Waals surface area contributed by atoms with Crippen LogP contribution < -0.4 is 10.1 Å². The molecule has 0 saturated carbocycles. The summed E-state index contributed by atoms with van der Waals surface area (Å²) >= 11 is 6.12. The van der Waals surface area contributed by atoms with Gasteiger partial charge in [0, 0.05) is 24.5 Å². The third-order valence-electron chi connectivity index (χ3n) is 6.98. The molecule has 0 saturated heterocycles. The number of aryl methyl sites for hydroxylation is 3. The minimum atomic E-state index is 0.0375. The van der Waals surface area contributed by atoms with Crippen molar-refractivity contribution in [2.75, 3.05) is 13.2 Å². The molecule has 0 aliphatic carbocycles. The molecular formula is C34H34ClN3O2. The summed E-state index contributed by atoms with van der Waals surface area (Å²) in [5.74, 6) is 1.91. The van der Waals surface area contributed by atoms with Gasteiger partial charge in [0.05, 0.1) is 24.1 Å². The molecule has 0 spiro atoms. The Kier molecular flexibility index (Phi) is 9.15. The molecule has 6 heteroatoms. The van der Waals surface area contributed by atoms with E-state index >= 15 is 0 Å². The number of imidazole rings is 1. The Bertz CT molecular complexity index is 1560. The maximum Gasteiger partial charge on any atom is 0.224 e. The maximum absolute atomic E-state index is 12.6. The van der Waals surface area contributed by atoms with Crippen LogP contribution in [0.3, 0.4) is 0 Å². The third kappa shape index (κ3) is 7.10. The molecule has 0 radical (unpaired) electrons. The van der Waals surface area contributed by atoms with E-state index in [-0.39, 0.29) is 5.91 Å². The van der Waals surface area contributed by atoms with Crippen LogP contribution in [0.2, 0.25) is 5.02 Å². The summed E-state index contributed by atoms with van der Waals surface area (Å²) in [4.78, 5) is 17.4. The predicted molar refractivity (Wildman–Crippen MR) is 163 cm³/mol. The van der Waals surface area contributed by atoms with E-state index in [1.54, 1.807) is 0 Å². The Balaban J connectivity index is 1.10. The van der Waals surface area contributed by atoms with Crippen molar-refractivity contribution in [1.29, 1.82) is 0 Å². The summed E-state index contributed by atoms with van der Waals surface area (Å²) in [6, 6.07) is 32.4. The molecule has 5 aromatic rings. The quantitative estimate of drug-likeness (QED) is 0.164. The number of ether oxygens (including phenoxy) is 1. The number of halogens is 1. The number of hydrogen-bond acceptors (Lipinski definition) is 3. The number of amides is 1. The van der Waals surface area contributed by atoms with Crippen LogP contribution in [0.4, 0.5) is 0 Å².